The Kier molecular flexibility index (Phi) is 17.0. The molecule has 4 aliphatic rings. The van der Waals surface area contributed by atoms with E-state index in [0.29, 0.717) is 56.2 Å². The van der Waals surface area contributed by atoms with Gasteiger partial charge < -0.3 is 19.6 Å². The Hall–Kier alpha value is -11.0. The first-order valence-corrected chi connectivity index (χ1v) is 35.0. The Morgan fingerprint density at radius 2 is 0.400 bits per heavy atom. The predicted octanol–water partition coefficient (Wildman–Crippen LogP) is 20.3. The van der Waals surface area contributed by atoms with E-state index in [1.165, 1.54) is 0 Å². The van der Waals surface area contributed by atoms with Gasteiger partial charge in [0.25, 0.3) is 23.6 Å². The van der Waals surface area contributed by atoms with Gasteiger partial charge in [-0.2, -0.15) is 0 Å². The fraction of sp³-hybridized carbons (Fsp3) is 0.217. The molecule has 4 heterocycles. The Morgan fingerprint density at radius 3 is 0.610 bits per heavy atom. The molecule has 10 aromatic carbocycles. The van der Waals surface area contributed by atoms with Crippen molar-refractivity contribution in [1.82, 2.24) is 19.6 Å². The fourth-order valence-electron chi connectivity index (χ4n) is 14.4. The van der Waals surface area contributed by atoms with E-state index in [-0.39, 0.29) is 71.5 Å². The monoisotopic (exact) mass is 1310 g/mol. The molecule has 0 fully saturated rings. The summed E-state index contributed by atoms with van der Waals surface area (Å²) in [5.41, 5.74) is 19.9. The molecule has 0 atom stereocenters. The molecule has 14 rings (SSSR count). The number of amides is 4. The number of benzene rings is 10. The molecule has 100 heavy (non-hydrogen) atoms. The van der Waals surface area contributed by atoms with Crippen LogP contribution in [0.1, 0.15) is 139 Å². The van der Waals surface area contributed by atoms with Crippen LogP contribution in [0.25, 0.3) is 67.3 Å². The van der Waals surface area contributed by atoms with Gasteiger partial charge >= 0.3 is 0 Å². The van der Waals surface area contributed by atoms with Gasteiger partial charge in [-0.05, 0) is 122 Å². The predicted molar refractivity (Wildman–Crippen MR) is 407 cm³/mol. The van der Waals surface area contributed by atoms with Crippen molar-refractivity contribution in [2.24, 2.45) is 0 Å². The molecule has 498 valence electrons. The second-order valence-electron chi connectivity index (χ2n) is 31.2. The van der Waals surface area contributed by atoms with Crippen molar-refractivity contribution in [2.75, 3.05) is 13.1 Å². The van der Waals surface area contributed by atoms with Crippen molar-refractivity contribution in [2.45, 2.75) is 118 Å². The van der Waals surface area contributed by atoms with E-state index in [1.807, 2.05) is 155 Å². The van der Waals surface area contributed by atoms with Crippen LogP contribution in [-0.4, -0.2) is 56.3 Å². The molecule has 0 radical (unpaired) electrons. The smallest absolute Gasteiger partial charge is 0.261 e. The summed E-state index contributed by atoms with van der Waals surface area (Å²) in [4.78, 5) is 72.8. The number of carbonyl (C=O) groups is 4. The quantitative estimate of drug-likeness (QED) is 0.102. The molecular weight excluding hydrogens is 1230 g/mol. The molecule has 8 heteroatoms. The highest BCUT2D eigenvalue weighted by Gasteiger charge is 2.52. The van der Waals surface area contributed by atoms with Gasteiger partial charge in [-0.25, -0.2) is 0 Å². The van der Waals surface area contributed by atoms with Crippen LogP contribution < -0.4 is 0 Å². The second kappa shape index (κ2) is 25.7. The molecule has 10 aromatic rings. The van der Waals surface area contributed by atoms with Crippen molar-refractivity contribution in [3.8, 4) is 44.5 Å². The summed E-state index contributed by atoms with van der Waals surface area (Å²) >= 11 is 0. The summed E-state index contributed by atoms with van der Waals surface area (Å²) in [5, 5.41) is 0. The zero-order valence-electron chi connectivity index (χ0n) is 59.5. The van der Waals surface area contributed by atoms with Crippen LogP contribution in [0, 0.1) is 0 Å². The summed E-state index contributed by atoms with van der Waals surface area (Å²) in [6.45, 7) is 26.9. The van der Waals surface area contributed by atoms with E-state index in [9.17, 15) is 0 Å². The Labute approximate surface area is 590 Å². The van der Waals surface area contributed by atoms with Gasteiger partial charge in [0, 0.05) is 13.1 Å². The zero-order chi connectivity index (χ0) is 70.2. The molecule has 0 aliphatic carbocycles. The summed E-state index contributed by atoms with van der Waals surface area (Å²) in [7, 11) is 0. The lowest BCUT2D eigenvalue weighted by Gasteiger charge is -2.30. The summed E-state index contributed by atoms with van der Waals surface area (Å²) in [6, 6.07) is 86.7. The third kappa shape index (κ3) is 12.6. The van der Waals surface area contributed by atoms with Crippen LogP contribution in [0.5, 0.6) is 0 Å². The molecule has 0 aromatic heterocycles. The SMILES string of the molecule is CC(C)(C)c1cc(CN2C(=O)C3=C(c4ccc(-c5ccccc5)cc4)N(CCN4C(=O)C5=C(c6ccc(-c7ccccc7)cc6)N(Cc6cc(C(C)(C)C)cc(C(C)(C)C)c6)C(=O)C5=C4c4ccc(-c5ccccc5)cc4)C(=O)C3=C2c2ccc(-c3ccccc3)cc2)cc(C(C)(C)C)c1. The lowest BCUT2D eigenvalue weighted by atomic mass is 9.79. The molecule has 4 aliphatic heterocycles. The molecule has 4 amide bonds. The van der Waals surface area contributed by atoms with Gasteiger partial charge in [-0.3, -0.25) is 19.2 Å². The van der Waals surface area contributed by atoms with Crippen LogP contribution in [0.15, 0.2) is 277 Å². The lowest BCUT2D eigenvalue weighted by molar-refractivity contribution is -0.126. The van der Waals surface area contributed by atoms with Crippen LogP contribution in [0.4, 0.5) is 0 Å². The highest BCUT2D eigenvalue weighted by molar-refractivity contribution is 6.31. The maximum atomic E-state index is 16.5. The number of rotatable bonds is 15. The summed E-state index contributed by atoms with van der Waals surface area (Å²) < 4.78 is 0. The number of hydrogen-bond donors (Lipinski definition) is 0. The Balaban J connectivity index is 0.936. The number of nitrogens with zero attached hydrogens (tertiary/aromatic N) is 4. The fourth-order valence-corrected chi connectivity index (χ4v) is 14.4. The maximum absolute atomic E-state index is 16.5. The standard InChI is InChI=1S/C92H86N4O4/c1-89(2,3)73-51-59(52-74(55-73)90(4,5)6)57-95-83(71-45-37-67(38-46-71)63-29-21-15-22-30-63)79-77(87(95)99)81(69-41-33-65(34-42-69)61-25-17-13-18-26-61)93(85(79)97)49-50-94-82(70-43-35-66(36-44-70)62-27-19-14-20-28-62)78-80(86(94)98)84(72-47-39-68(40-48-72)64-31-23-16-24-32-64)96(88(78)100)58-60-53-75(91(7,8)9)56-76(54-60)92(10,11)12/h13-48,51-56H,49-50,57-58H2,1-12H3. The number of carbonyl (C=O) groups excluding carboxylic acids is 4. The molecular formula is C92H86N4O4. The summed E-state index contributed by atoms with van der Waals surface area (Å²) in [6.07, 6.45) is 0. The average Bonchev–Trinajstić information content (AvgIpc) is 1.56. The molecule has 0 spiro atoms. The van der Waals surface area contributed by atoms with Gasteiger partial charge in [-0.1, -0.05) is 338 Å². The molecule has 0 bridgehead atoms. The second-order valence-corrected chi connectivity index (χ2v) is 31.2. The van der Waals surface area contributed by atoms with E-state index in [0.717, 1.165) is 89.0 Å². The van der Waals surface area contributed by atoms with E-state index in [1.54, 1.807) is 9.80 Å². The van der Waals surface area contributed by atoms with Crippen LogP contribution in [0.2, 0.25) is 0 Å². The third-order valence-corrected chi connectivity index (χ3v) is 20.1. The zero-order valence-corrected chi connectivity index (χ0v) is 59.5. The first-order chi connectivity index (χ1) is 47.8. The third-order valence-electron chi connectivity index (χ3n) is 20.1. The van der Waals surface area contributed by atoms with Crippen molar-refractivity contribution in [3.05, 3.63) is 333 Å². The number of fused-ring (bicyclic) bond motifs is 2. The summed E-state index contributed by atoms with van der Waals surface area (Å²) in [5.74, 6) is -1.28. The topological polar surface area (TPSA) is 81.2 Å². The Bertz CT molecular complexity index is 4610. The molecule has 0 saturated carbocycles. The lowest BCUT2D eigenvalue weighted by Crippen LogP contribution is -2.38. The largest absolute Gasteiger partial charge is 0.305 e. The first-order valence-electron chi connectivity index (χ1n) is 35.0. The highest BCUT2D eigenvalue weighted by Crippen LogP contribution is 2.51. The van der Waals surface area contributed by atoms with Crippen LogP contribution in [-0.2, 0) is 53.9 Å². The van der Waals surface area contributed by atoms with E-state index >= 15 is 19.2 Å². The van der Waals surface area contributed by atoms with E-state index < -0.39 is 0 Å². The van der Waals surface area contributed by atoms with Crippen molar-refractivity contribution < 1.29 is 19.2 Å². The highest BCUT2D eigenvalue weighted by atomic mass is 16.2. The van der Waals surface area contributed by atoms with Gasteiger partial charge in [0.15, 0.2) is 0 Å². The number of hydrogen-bond acceptors (Lipinski definition) is 4. The van der Waals surface area contributed by atoms with E-state index in [4.69, 9.17) is 0 Å². The molecule has 0 unspecified atom stereocenters. The minimum atomic E-state index is -0.352. The minimum Gasteiger partial charge on any atom is -0.305 e. The normalized spacial score (nSPS) is 15.2. The van der Waals surface area contributed by atoms with Crippen molar-refractivity contribution >= 4 is 46.4 Å². The minimum absolute atomic E-state index is 0.0240. The van der Waals surface area contributed by atoms with Gasteiger partial charge in [-0.15, -0.1) is 0 Å². The molecule has 0 saturated heterocycles. The first kappa shape index (κ1) is 66.3. The van der Waals surface area contributed by atoms with Crippen molar-refractivity contribution in [3.63, 3.8) is 0 Å². The van der Waals surface area contributed by atoms with Crippen molar-refractivity contribution in [1.29, 1.82) is 0 Å². The van der Waals surface area contributed by atoms with Crippen LogP contribution in [0.3, 0.4) is 0 Å². The molecule has 0 N–H and O–H groups in total. The van der Waals surface area contributed by atoms with Gasteiger partial charge in [0.1, 0.15) is 0 Å². The van der Waals surface area contributed by atoms with Gasteiger partial charge in [0.2, 0.25) is 0 Å². The average molecular weight is 1310 g/mol. The maximum Gasteiger partial charge on any atom is 0.261 e. The Morgan fingerprint density at radius 1 is 0.220 bits per heavy atom. The van der Waals surface area contributed by atoms with Crippen LogP contribution >= 0.6 is 0 Å². The van der Waals surface area contributed by atoms with E-state index in [2.05, 4.69) is 192 Å². The molecule has 8 nitrogen and oxygen atoms in total. The van der Waals surface area contributed by atoms with Gasteiger partial charge in [0.05, 0.1) is 58.2 Å².